The fourth-order valence-corrected chi connectivity index (χ4v) is 2.21. The van der Waals surface area contributed by atoms with Crippen molar-refractivity contribution in [2.45, 2.75) is 25.5 Å². The first-order chi connectivity index (χ1) is 11.6. The second-order valence-corrected chi connectivity index (χ2v) is 5.51. The van der Waals surface area contributed by atoms with E-state index in [4.69, 9.17) is 6.42 Å². The number of benzene rings is 1. The third kappa shape index (κ3) is 5.11. The van der Waals surface area contributed by atoms with E-state index in [1.54, 1.807) is 12.1 Å². The van der Waals surface area contributed by atoms with Gasteiger partial charge in [-0.15, -0.1) is 6.42 Å². The molecule has 2 rings (SSSR count). The molecule has 2 unspecified atom stereocenters. The van der Waals surface area contributed by atoms with Crippen LogP contribution in [0.4, 0.5) is 5.82 Å². The molecule has 0 spiro atoms. The van der Waals surface area contributed by atoms with Crippen LogP contribution in [0.25, 0.3) is 0 Å². The number of nitrogens with zero attached hydrogens (tertiary/aromatic N) is 1. The van der Waals surface area contributed by atoms with Crippen molar-refractivity contribution in [3.63, 3.8) is 0 Å². The number of hydrogen-bond acceptors (Lipinski definition) is 4. The van der Waals surface area contributed by atoms with Crippen molar-refractivity contribution in [2.75, 3.05) is 11.9 Å². The van der Waals surface area contributed by atoms with Crippen molar-refractivity contribution in [1.82, 2.24) is 10.3 Å². The first-order valence-corrected chi connectivity index (χ1v) is 7.76. The van der Waals surface area contributed by atoms with E-state index in [1.807, 2.05) is 37.3 Å². The van der Waals surface area contributed by atoms with Gasteiger partial charge in [-0.1, -0.05) is 36.3 Å². The maximum Gasteiger partial charge on any atom is 0.253 e. The number of anilines is 1. The maximum atomic E-state index is 11.7. The molecule has 0 aliphatic carbocycles. The van der Waals surface area contributed by atoms with Crippen LogP contribution in [0.3, 0.4) is 0 Å². The van der Waals surface area contributed by atoms with E-state index >= 15 is 0 Å². The Morgan fingerprint density at radius 3 is 2.67 bits per heavy atom. The zero-order valence-corrected chi connectivity index (χ0v) is 13.6. The summed E-state index contributed by atoms with van der Waals surface area (Å²) in [6.45, 7) is 2.07. The van der Waals surface area contributed by atoms with Crippen molar-refractivity contribution < 1.29 is 9.90 Å². The van der Waals surface area contributed by atoms with Crippen LogP contribution in [-0.2, 0) is 6.42 Å². The van der Waals surface area contributed by atoms with Crippen molar-refractivity contribution in [1.29, 1.82) is 0 Å². The fraction of sp³-hybridized carbons (Fsp3) is 0.263. The SMILES string of the molecule is C#CCNC(=O)c1ccc(NC(C)C(O)Cc2ccccc2)nc1. The van der Waals surface area contributed by atoms with Crippen LogP contribution in [0.2, 0.25) is 0 Å². The topological polar surface area (TPSA) is 74.2 Å². The number of aliphatic hydroxyl groups is 1. The second kappa shape index (κ2) is 8.70. The maximum absolute atomic E-state index is 11.7. The summed E-state index contributed by atoms with van der Waals surface area (Å²) in [5.74, 6) is 2.69. The molecule has 124 valence electrons. The highest BCUT2D eigenvalue weighted by molar-refractivity contribution is 5.94. The molecular weight excluding hydrogens is 302 g/mol. The van der Waals surface area contributed by atoms with Crippen LogP contribution < -0.4 is 10.6 Å². The van der Waals surface area contributed by atoms with Crippen LogP contribution in [0, 0.1) is 12.3 Å². The Kier molecular flexibility index (Phi) is 6.35. The molecule has 5 heteroatoms. The number of nitrogens with one attached hydrogen (secondary N) is 2. The van der Waals surface area contributed by atoms with E-state index in [0.717, 1.165) is 5.56 Å². The van der Waals surface area contributed by atoms with Crippen LogP contribution in [0.1, 0.15) is 22.8 Å². The molecule has 3 N–H and O–H groups in total. The zero-order chi connectivity index (χ0) is 17.4. The Hall–Kier alpha value is -2.84. The molecule has 0 saturated carbocycles. The highest BCUT2D eigenvalue weighted by Crippen LogP contribution is 2.11. The Bertz CT molecular complexity index is 693. The summed E-state index contributed by atoms with van der Waals surface area (Å²) >= 11 is 0. The molecule has 1 heterocycles. The summed E-state index contributed by atoms with van der Waals surface area (Å²) in [6.07, 6.45) is 6.59. The Morgan fingerprint density at radius 2 is 2.04 bits per heavy atom. The Labute approximate surface area is 142 Å². The van der Waals surface area contributed by atoms with Crippen molar-refractivity contribution in [2.24, 2.45) is 0 Å². The van der Waals surface area contributed by atoms with Crippen LogP contribution in [0.15, 0.2) is 48.7 Å². The third-order valence-corrected chi connectivity index (χ3v) is 3.62. The number of rotatable bonds is 7. The van der Waals surface area contributed by atoms with Crippen molar-refractivity contribution in [3.05, 3.63) is 59.8 Å². The highest BCUT2D eigenvalue weighted by atomic mass is 16.3. The molecule has 1 amide bonds. The first-order valence-electron chi connectivity index (χ1n) is 7.76. The lowest BCUT2D eigenvalue weighted by atomic mass is 10.0. The molecule has 0 saturated heterocycles. The smallest absolute Gasteiger partial charge is 0.253 e. The molecule has 2 atom stereocenters. The minimum atomic E-state index is -0.548. The van der Waals surface area contributed by atoms with Gasteiger partial charge in [-0.2, -0.15) is 0 Å². The van der Waals surface area contributed by atoms with Gasteiger partial charge in [0.05, 0.1) is 24.3 Å². The molecule has 1 aromatic heterocycles. The van der Waals surface area contributed by atoms with Crippen molar-refractivity contribution >= 4 is 11.7 Å². The number of amides is 1. The molecule has 0 bridgehead atoms. The molecular formula is C19H21N3O2. The number of aliphatic hydroxyl groups excluding tert-OH is 1. The lowest BCUT2D eigenvalue weighted by Crippen LogP contribution is -2.32. The van der Waals surface area contributed by atoms with Crippen LogP contribution >= 0.6 is 0 Å². The first kappa shape index (κ1) is 17.5. The van der Waals surface area contributed by atoms with E-state index < -0.39 is 6.10 Å². The molecule has 0 fully saturated rings. The number of terminal acetylenes is 1. The van der Waals surface area contributed by atoms with E-state index in [2.05, 4.69) is 21.5 Å². The largest absolute Gasteiger partial charge is 0.391 e. The van der Waals surface area contributed by atoms with Gasteiger partial charge in [0.15, 0.2) is 0 Å². The summed E-state index contributed by atoms with van der Waals surface area (Å²) in [4.78, 5) is 15.9. The third-order valence-electron chi connectivity index (χ3n) is 3.62. The number of aromatic nitrogens is 1. The monoisotopic (exact) mass is 323 g/mol. The quantitative estimate of drug-likeness (QED) is 0.680. The van der Waals surface area contributed by atoms with Crippen molar-refractivity contribution in [3.8, 4) is 12.3 Å². The van der Waals surface area contributed by atoms with E-state index in [-0.39, 0.29) is 18.5 Å². The minimum absolute atomic E-state index is 0.182. The predicted octanol–water partition coefficient (Wildman–Crippen LogP) is 1.85. The van der Waals surface area contributed by atoms with Gasteiger partial charge in [0.25, 0.3) is 5.91 Å². The van der Waals surface area contributed by atoms with E-state index in [0.29, 0.717) is 17.8 Å². The molecule has 0 aliphatic heterocycles. The molecule has 1 aromatic carbocycles. The Morgan fingerprint density at radius 1 is 1.29 bits per heavy atom. The predicted molar refractivity (Wildman–Crippen MR) is 94.6 cm³/mol. The fourth-order valence-electron chi connectivity index (χ4n) is 2.21. The second-order valence-electron chi connectivity index (χ2n) is 5.51. The average Bonchev–Trinajstić information content (AvgIpc) is 2.61. The normalized spacial score (nSPS) is 12.7. The molecule has 0 aliphatic rings. The van der Waals surface area contributed by atoms with E-state index in [9.17, 15) is 9.90 Å². The minimum Gasteiger partial charge on any atom is -0.391 e. The average molecular weight is 323 g/mol. The molecule has 24 heavy (non-hydrogen) atoms. The van der Waals surface area contributed by atoms with Gasteiger partial charge >= 0.3 is 0 Å². The van der Waals surface area contributed by atoms with Gasteiger partial charge in [-0.05, 0) is 24.6 Å². The van der Waals surface area contributed by atoms with Gasteiger partial charge in [0.1, 0.15) is 5.82 Å². The van der Waals surface area contributed by atoms with Crippen LogP contribution in [-0.4, -0.2) is 34.7 Å². The number of carbonyl (C=O) groups is 1. The number of carbonyl (C=O) groups excluding carboxylic acids is 1. The number of pyridine rings is 1. The summed E-state index contributed by atoms with van der Waals surface area (Å²) in [5, 5.41) is 16.0. The molecule has 5 nitrogen and oxygen atoms in total. The lowest BCUT2D eigenvalue weighted by Gasteiger charge is -2.21. The lowest BCUT2D eigenvalue weighted by molar-refractivity contribution is 0.0958. The highest BCUT2D eigenvalue weighted by Gasteiger charge is 2.15. The Balaban J connectivity index is 1.90. The van der Waals surface area contributed by atoms with Gasteiger partial charge in [-0.3, -0.25) is 4.79 Å². The summed E-state index contributed by atoms with van der Waals surface area (Å²) in [7, 11) is 0. The summed E-state index contributed by atoms with van der Waals surface area (Å²) < 4.78 is 0. The van der Waals surface area contributed by atoms with Gasteiger partial charge in [-0.25, -0.2) is 4.98 Å². The summed E-state index contributed by atoms with van der Waals surface area (Å²) in [5.41, 5.74) is 1.51. The van der Waals surface area contributed by atoms with Gasteiger partial charge in [0.2, 0.25) is 0 Å². The standard InChI is InChI=1S/C19H21N3O2/c1-3-11-20-19(24)16-9-10-18(21-13-16)22-14(2)17(23)12-15-7-5-4-6-8-15/h1,4-10,13-14,17,23H,11-12H2,2H3,(H,20,24)(H,21,22). The zero-order valence-electron chi connectivity index (χ0n) is 13.6. The molecule has 0 radical (unpaired) electrons. The molecule has 2 aromatic rings. The van der Waals surface area contributed by atoms with Gasteiger partial charge < -0.3 is 15.7 Å². The van der Waals surface area contributed by atoms with Gasteiger partial charge in [0, 0.05) is 12.6 Å². The van der Waals surface area contributed by atoms with Crippen LogP contribution in [0.5, 0.6) is 0 Å². The summed E-state index contributed by atoms with van der Waals surface area (Å²) in [6, 6.07) is 13.0. The number of hydrogen-bond donors (Lipinski definition) is 3. The van der Waals surface area contributed by atoms with E-state index in [1.165, 1.54) is 6.20 Å².